The second-order valence-electron chi connectivity index (χ2n) is 5.39. The summed E-state index contributed by atoms with van der Waals surface area (Å²) >= 11 is 0. The summed E-state index contributed by atoms with van der Waals surface area (Å²) in [5.41, 5.74) is 2.14. The van der Waals surface area contributed by atoms with Gasteiger partial charge in [0.05, 0.1) is 7.11 Å². The summed E-state index contributed by atoms with van der Waals surface area (Å²) in [5, 5.41) is 2.66. The SMILES string of the molecule is COc1cc(NC(C)=O)ccc1C1=CC(=O)c2ccccc2C1=O. The average molecular weight is 321 g/mol. The van der Waals surface area contributed by atoms with Crippen molar-refractivity contribution in [2.45, 2.75) is 6.92 Å². The minimum atomic E-state index is -0.226. The quantitative estimate of drug-likeness (QED) is 0.943. The molecule has 5 heteroatoms. The Morgan fingerprint density at radius 1 is 1.00 bits per heavy atom. The highest BCUT2D eigenvalue weighted by molar-refractivity contribution is 6.39. The monoisotopic (exact) mass is 321 g/mol. The lowest BCUT2D eigenvalue weighted by molar-refractivity contribution is -0.114. The van der Waals surface area contributed by atoms with Gasteiger partial charge in [0.15, 0.2) is 11.6 Å². The first-order valence-corrected chi connectivity index (χ1v) is 7.37. The van der Waals surface area contributed by atoms with E-state index >= 15 is 0 Å². The van der Waals surface area contributed by atoms with E-state index in [4.69, 9.17) is 4.74 Å². The van der Waals surface area contributed by atoms with E-state index in [1.807, 2.05) is 0 Å². The highest BCUT2D eigenvalue weighted by atomic mass is 16.5. The van der Waals surface area contributed by atoms with Gasteiger partial charge in [-0.2, -0.15) is 0 Å². The van der Waals surface area contributed by atoms with Gasteiger partial charge in [-0.25, -0.2) is 0 Å². The number of benzene rings is 2. The van der Waals surface area contributed by atoms with Crippen LogP contribution in [0.15, 0.2) is 48.5 Å². The minimum absolute atomic E-state index is 0.207. The highest BCUT2D eigenvalue weighted by Gasteiger charge is 2.27. The number of nitrogens with one attached hydrogen (secondary N) is 1. The van der Waals surface area contributed by atoms with Crippen molar-refractivity contribution in [3.8, 4) is 5.75 Å². The van der Waals surface area contributed by atoms with Crippen molar-refractivity contribution >= 4 is 28.7 Å². The Labute approximate surface area is 138 Å². The fourth-order valence-electron chi connectivity index (χ4n) is 2.71. The maximum absolute atomic E-state index is 12.7. The van der Waals surface area contributed by atoms with Gasteiger partial charge < -0.3 is 10.1 Å². The summed E-state index contributed by atoms with van der Waals surface area (Å²) in [5.74, 6) is -0.237. The molecule has 0 bridgehead atoms. The largest absolute Gasteiger partial charge is 0.496 e. The van der Waals surface area contributed by atoms with Gasteiger partial charge >= 0.3 is 0 Å². The summed E-state index contributed by atoms with van der Waals surface area (Å²) in [6.45, 7) is 1.41. The van der Waals surface area contributed by atoms with Crippen LogP contribution in [0.1, 0.15) is 33.2 Å². The van der Waals surface area contributed by atoms with Gasteiger partial charge in [0.1, 0.15) is 5.75 Å². The molecule has 120 valence electrons. The number of fused-ring (bicyclic) bond motifs is 1. The Morgan fingerprint density at radius 2 is 1.71 bits per heavy atom. The third-order valence-electron chi connectivity index (χ3n) is 3.77. The van der Waals surface area contributed by atoms with E-state index < -0.39 is 0 Å². The number of ether oxygens (including phenoxy) is 1. The maximum atomic E-state index is 12.7. The predicted octanol–water partition coefficient (Wildman–Crippen LogP) is 3.12. The number of carbonyl (C=O) groups excluding carboxylic acids is 3. The van der Waals surface area contributed by atoms with Crippen LogP contribution < -0.4 is 10.1 Å². The van der Waals surface area contributed by atoms with Crippen molar-refractivity contribution in [1.82, 2.24) is 0 Å². The molecule has 0 fully saturated rings. The summed E-state index contributed by atoms with van der Waals surface area (Å²) < 4.78 is 5.34. The number of rotatable bonds is 3. The van der Waals surface area contributed by atoms with Crippen molar-refractivity contribution in [3.05, 3.63) is 65.2 Å². The average Bonchev–Trinajstić information content (AvgIpc) is 2.58. The van der Waals surface area contributed by atoms with E-state index in [0.717, 1.165) is 0 Å². The van der Waals surface area contributed by atoms with E-state index in [9.17, 15) is 14.4 Å². The Morgan fingerprint density at radius 3 is 2.38 bits per heavy atom. The lowest BCUT2D eigenvalue weighted by Gasteiger charge is -2.17. The Kier molecular flexibility index (Phi) is 4.00. The lowest BCUT2D eigenvalue weighted by Crippen LogP contribution is -2.16. The van der Waals surface area contributed by atoms with Crippen molar-refractivity contribution in [2.75, 3.05) is 12.4 Å². The molecular formula is C19H15NO4. The van der Waals surface area contributed by atoms with Gasteiger partial charge in [-0.1, -0.05) is 24.3 Å². The van der Waals surface area contributed by atoms with E-state index in [0.29, 0.717) is 28.1 Å². The minimum Gasteiger partial charge on any atom is -0.496 e. The van der Waals surface area contributed by atoms with Crippen LogP contribution in [0.4, 0.5) is 5.69 Å². The van der Waals surface area contributed by atoms with Crippen LogP contribution in [0.25, 0.3) is 5.57 Å². The Bertz CT molecular complexity index is 896. The molecule has 0 heterocycles. The van der Waals surface area contributed by atoms with Gasteiger partial charge in [-0.05, 0) is 18.2 Å². The van der Waals surface area contributed by atoms with Crippen molar-refractivity contribution in [1.29, 1.82) is 0 Å². The molecule has 1 N–H and O–H groups in total. The van der Waals surface area contributed by atoms with Crippen LogP contribution in [0.2, 0.25) is 0 Å². The second kappa shape index (κ2) is 6.12. The van der Waals surface area contributed by atoms with Crippen molar-refractivity contribution in [2.24, 2.45) is 0 Å². The molecule has 0 radical (unpaired) electrons. The Balaban J connectivity index is 2.08. The molecule has 0 spiro atoms. The molecular weight excluding hydrogens is 306 g/mol. The number of allylic oxidation sites excluding steroid dienone is 2. The fourth-order valence-corrected chi connectivity index (χ4v) is 2.71. The van der Waals surface area contributed by atoms with E-state index in [1.54, 1.807) is 42.5 Å². The van der Waals surface area contributed by atoms with E-state index in [-0.39, 0.29) is 23.0 Å². The van der Waals surface area contributed by atoms with Crippen LogP contribution in [0.3, 0.4) is 0 Å². The molecule has 1 amide bonds. The third kappa shape index (κ3) is 2.72. The second-order valence-corrected chi connectivity index (χ2v) is 5.39. The smallest absolute Gasteiger partial charge is 0.221 e. The van der Waals surface area contributed by atoms with Crippen LogP contribution in [0.5, 0.6) is 5.75 Å². The number of methoxy groups -OCH3 is 1. The van der Waals surface area contributed by atoms with Crippen molar-refractivity contribution < 1.29 is 19.1 Å². The Hall–Kier alpha value is -3.21. The lowest BCUT2D eigenvalue weighted by atomic mass is 9.86. The molecule has 3 rings (SSSR count). The molecule has 0 saturated carbocycles. The standard InChI is InChI=1S/C19H15NO4/c1-11(21)20-12-7-8-14(18(9-12)24-2)16-10-17(22)13-5-3-4-6-15(13)19(16)23/h3-10H,1-2H3,(H,20,21). The first-order chi connectivity index (χ1) is 11.5. The summed E-state index contributed by atoms with van der Waals surface area (Å²) in [6, 6.07) is 11.7. The zero-order chi connectivity index (χ0) is 17.3. The van der Waals surface area contributed by atoms with Gasteiger partial charge in [0.2, 0.25) is 5.91 Å². The van der Waals surface area contributed by atoms with Crippen LogP contribution in [-0.4, -0.2) is 24.6 Å². The number of Topliss-reactive ketones (excluding diaryl/α,β-unsaturated/α-hetero) is 1. The molecule has 0 aliphatic heterocycles. The van der Waals surface area contributed by atoms with Gasteiger partial charge in [0, 0.05) is 40.9 Å². The number of hydrogen-bond acceptors (Lipinski definition) is 4. The van der Waals surface area contributed by atoms with Gasteiger partial charge in [0.25, 0.3) is 0 Å². The number of hydrogen-bond donors (Lipinski definition) is 1. The molecule has 1 aliphatic carbocycles. The zero-order valence-electron chi connectivity index (χ0n) is 13.3. The maximum Gasteiger partial charge on any atom is 0.221 e. The molecule has 0 unspecified atom stereocenters. The van der Waals surface area contributed by atoms with Crippen LogP contribution >= 0.6 is 0 Å². The van der Waals surface area contributed by atoms with E-state index in [1.165, 1.54) is 20.1 Å². The normalized spacial score (nSPS) is 13.2. The summed E-state index contributed by atoms with van der Waals surface area (Å²) in [6.07, 6.45) is 1.33. The molecule has 0 saturated heterocycles. The number of ketones is 2. The molecule has 0 aromatic heterocycles. The fraction of sp³-hybridized carbons (Fsp3) is 0.105. The number of amides is 1. The first kappa shape index (κ1) is 15.7. The van der Waals surface area contributed by atoms with Gasteiger partial charge in [-0.3, -0.25) is 14.4 Å². The number of carbonyl (C=O) groups is 3. The molecule has 24 heavy (non-hydrogen) atoms. The number of anilines is 1. The van der Waals surface area contributed by atoms with Crippen LogP contribution in [0, 0.1) is 0 Å². The third-order valence-corrected chi connectivity index (χ3v) is 3.77. The highest BCUT2D eigenvalue weighted by Crippen LogP contribution is 2.34. The summed E-state index contributed by atoms with van der Waals surface area (Å²) in [4.78, 5) is 36.2. The zero-order valence-corrected chi connectivity index (χ0v) is 13.3. The van der Waals surface area contributed by atoms with E-state index in [2.05, 4.69) is 5.32 Å². The van der Waals surface area contributed by atoms with Gasteiger partial charge in [-0.15, -0.1) is 0 Å². The molecule has 1 aliphatic rings. The summed E-state index contributed by atoms with van der Waals surface area (Å²) in [7, 11) is 1.47. The van der Waals surface area contributed by atoms with Crippen molar-refractivity contribution in [3.63, 3.8) is 0 Å². The molecule has 2 aromatic rings. The first-order valence-electron chi connectivity index (χ1n) is 7.37. The van der Waals surface area contributed by atoms with Crippen LogP contribution in [-0.2, 0) is 4.79 Å². The predicted molar refractivity (Wildman–Crippen MR) is 90.4 cm³/mol. The molecule has 5 nitrogen and oxygen atoms in total. The molecule has 0 atom stereocenters. The topological polar surface area (TPSA) is 72.5 Å². The molecule has 2 aromatic carbocycles.